The Hall–Kier alpha value is -0.860. The van der Waals surface area contributed by atoms with E-state index in [9.17, 15) is 5.11 Å². The number of rotatable bonds is 7. The number of benzene rings is 1. The largest absolute Gasteiger partial charge is 0.390 e. The maximum Gasteiger partial charge on any atom is 0.0672 e. The molecule has 0 amide bonds. The fourth-order valence-corrected chi connectivity index (χ4v) is 2.92. The lowest BCUT2D eigenvalue weighted by Crippen LogP contribution is -2.32. The summed E-state index contributed by atoms with van der Waals surface area (Å²) in [6, 6.07) is 6.75. The van der Waals surface area contributed by atoms with Crippen LogP contribution in [0.25, 0.3) is 0 Å². The van der Waals surface area contributed by atoms with Crippen LogP contribution in [0.4, 0.5) is 0 Å². The van der Waals surface area contributed by atoms with Gasteiger partial charge >= 0.3 is 0 Å². The van der Waals surface area contributed by atoms with Crippen molar-refractivity contribution in [2.45, 2.75) is 58.0 Å². The van der Waals surface area contributed by atoms with E-state index >= 15 is 0 Å². The Labute approximate surface area is 117 Å². The molecule has 0 radical (unpaired) electrons. The fourth-order valence-electron chi connectivity index (χ4n) is 2.92. The number of hydrogen-bond acceptors (Lipinski definition) is 2. The third-order valence-corrected chi connectivity index (χ3v) is 4.01. The normalized spacial score (nSPS) is 17.2. The summed E-state index contributed by atoms with van der Waals surface area (Å²) in [7, 11) is 0. The van der Waals surface area contributed by atoms with Crippen molar-refractivity contribution in [3.8, 4) is 0 Å². The Balaban J connectivity index is 1.88. The van der Waals surface area contributed by atoms with Crippen LogP contribution < -0.4 is 5.32 Å². The summed E-state index contributed by atoms with van der Waals surface area (Å²) in [6.45, 7) is 6.05. The molecular weight excluding hydrogens is 234 g/mol. The molecule has 1 aromatic rings. The van der Waals surface area contributed by atoms with Gasteiger partial charge in [0.25, 0.3) is 0 Å². The molecule has 0 aliphatic heterocycles. The van der Waals surface area contributed by atoms with Gasteiger partial charge in [-0.25, -0.2) is 0 Å². The number of aryl methyl sites for hydroxylation is 2. The molecule has 2 heteroatoms. The van der Waals surface area contributed by atoms with Crippen molar-refractivity contribution in [1.82, 2.24) is 5.32 Å². The molecular formula is C17H27NO. The Kier molecular flexibility index (Phi) is 5.00. The molecule has 1 atom stereocenters. The maximum absolute atomic E-state index is 10.5. The van der Waals surface area contributed by atoms with E-state index in [4.69, 9.17) is 0 Å². The summed E-state index contributed by atoms with van der Waals surface area (Å²) in [5.74, 6) is 0. The van der Waals surface area contributed by atoms with Crippen molar-refractivity contribution in [3.63, 3.8) is 0 Å². The van der Waals surface area contributed by atoms with Crippen LogP contribution in [0, 0.1) is 0 Å². The van der Waals surface area contributed by atoms with Crippen LogP contribution in [0.1, 0.15) is 49.8 Å². The average Bonchev–Trinajstić information content (AvgIpc) is 2.81. The van der Waals surface area contributed by atoms with E-state index in [-0.39, 0.29) is 0 Å². The molecule has 1 aromatic carbocycles. The van der Waals surface area contributed by atoms with Crippen LogP contribution in [-0.4, -0.2) is 23.8 Å². The zero-order chi connectivity index (χ0) is 13.7. The minimum Gasteiger partial charge on any atom is -0.390 e. The summed E-state index contributed by atoms with van der Waals surface area (Å²) < 4.78 is 0. The highest BCUT2D eigenvalue weighted by Gasteiger charge is 2.21. The Bertz CT molecular complexity index is 412. The Morgan fingerprint density at radius 3 is 2.79 bits per heavy atom. The van der Waals surface area contributed by atoms with E-state index in [0.717, 1.165) is 32.4 Å². The summed E-state index contributed by atoms with van der Waals surface area (Å²) in [6.07, 6.45) is 6.44. The van der Waals surface area contributed by atoms with Gasteiger partial charge in [-0.15, -0.1) is 0 Å². The third-order valence-electron chi connectivity index (χ3n) is 4.01. The Morgan fingerprint density at radius 2 is 2.00 bits per heavy atom. The van der Waals surface area contributed by atoms with Crippen LogP contribution in [0.2, 0.25) is 0 Å². The number of hydrogen-bond donors (Lipinski definition) is 2. The first-order valence-electron chi connectivity index (χ1n) is 7.64. The molecule has 0 heterocycles. The van der Waals surface area contributed by atoms with Crippen LogP contribution >= 0.6 is 0 Å². The molecule has 1 unspecified atom stereocenters. The lowest BCUT2D eigenvalue weighted by molar-refractivity contribution is 0.0516. The smallest absolute Gasteiger partial charge is 0.0672 e. The highest BCUT2D eigenvalue weighted by atomic mass is 16.3. The van der Waals surface area contributed by atoms with Gasteiger partial charge in [-0.2, -0.15) is 0 Å². The van der Waals surface area contributed by atoms with Gasteiger partial charge in [-0.1, -0.05) is 25.1 Å². The summed E-state index contributed by atoms with van der Waals surface area (Å²) in [5, 5.41) is 13.8. The molecule has 19 heavy (non-hydrogen) atoms. The first kappa shape index (κ1) is 14.5. The minimum atomic E-state index is -0.604. The molecule has 106 valence electrons. The van der Waals surface area contributed by atoms with Gasteiger partial charge in [0.2, 0.25) is 0 Å². The molecule has 2 rings (SSSR count). The van der Waals surface area contributed by atoms with E-state index in [1.165, 1.54) is 36.0 Å². The molecule has 0 saturated heterocycles. The summed E-state index contributed by atoms with van der Waals surface area (Å²) in [4.78, 5) is 0. The summed E-state index contributed by atoms with van der Waals surface area (Å²) >= 11 is 0. The molecule has 1 aliphatic carbocycles. The third kappa shape index (κ3) is 4.32. The number of fused-ring (bicyclic) bond motifs is 1. The molecule has 2 nitrogen and oxygen atoms in total. The van der Waals surface area contributed by atoms with E-state index in [1.807, 2.05) is 6.92 Å². The Morgan fingerprint density at radius 1 is 1.21 bits per heavy atom. The van der Waals surface area contributed by atoms with E-state index in [1.54, 1.807) is 0 Å². The van der Waals surface area contributed by atoms with Gasteiger partial charge < -0.3 is 10.4 Å². The highest BCUT2D eigenvalue weighted by Crippen LogP contribution is 2.25. The number of nitrogens with one attached hydrogen (secondary N) is 1. The molecule has 0 bridgehead atoms. The van der Waals surface area contributed by atoms with Crippen LogP contribution in [0.5, 0.6) is 0 Å². The van der Waals surface area contributed by atoms with Gasteiger partial charge in [-0.05, 0) is 68.8 Å². The quantitative estimate of drug-likeness (QED) is 0.740. The first-order chi connectivity index (χ1) is 9.11. The lowest BCUT2D eigenvalue weighted by Gasteiger charge is -2.24. The van der Waals surface area contributed by atoms with Crippen molar-refractivity contribution in [1.29, 1.82) is 0 Å². The van der Waals surface area contributed by atoms with Crippen LogP contribution in [-0.2, 0) is 19.3 Å². The van der Waals surface area contributed by atoms with E-state index in [2.05, 4.69) is 30.4 Å². The SMILES string of the molecule is CCCNCCC(C)(O)Cc1ccc2c(c1)CCC2. The molecule has 2 N–H and O–H groups in total. The van der Waals surface area contributed by atoms with Gasteiger partial charge in [0.1, 0.15) is 0 Å². The monoisotopic (exact) mass is 261 g/mol. The lowest BCUT2D eigenvalue weighted by atomic mass is 9.92. The number of aliphatic hydroxyl groups is 1. The van der Waals surface area contributed by atoms with E-state index < -0.39 is 5.60 Å². The van der Waals surface area contributed by atoms with Gasteiger partial charge in [0.15, 0.2) is 0 Å². The molecule has 1 aliphatic rings. The second kappa shape index (κ2) is 6.53. The van der Waals surface area contributed by atoms with Gasteiger partial charge in [-0.3, -0.25) is 0 Å². The molecule has 0 aromatic heterocycles. The second-order valence-corrected chi connectivity index (χ2v) is 6.13. The van der Waals surface area contributed by atoms with Crippen LogP contribution in [0.3, 0.4) is 0 Å². The van der Waals surface area contributed by atoms with Crippen molar-refractivity contribution < 1.29 is 5.11 Å². The van der Waals surface area contributed by atoms with Gasteiger partial charge in [0.05, 0.1) is 5.60 Å². The zero-order valence-electron chi connectivity index (χ0n) is 12.3. The maximum atomic E-state index is 10.5. The predicted molar refractivity (Wildman–Crippen MR) is 80.6 cm³/mol. The van der Waals surface area contributed by atoms with Crippen molar-refractivity contribution in [2.24, 2.45) is 0 Å². The molecule has 0 saturated carbocycles. The molecule has 0 spiro atoms. The standard InChI is InChI=1S/C17H27NO/c1-3-10-18-11-9-17(2,19)13-14-7-8-15-5-4-6-16(15)12-14/h7-8,12,18-19H,3-6,9-11,13H2,1-2H3. The van der Waals surface area contributed by atoms with Crippen LogP contribution in [0.15, 0.2) is 18.2 Å². The second-order valence-electron chi connectivity index (χ2n) is 6.13. The molecule has 0 fully saturated rings. The predicted octanol–water partition coefficient (Wildman–Crippen LogP) is 2.86. The average molecular weight is 261 g/mol. The van der Waals surface area contributed by atoms with Gasteiger partial charge in [0, 0.05) is 6.42 Å². The van der Waals surface area contributed by atoms with Crippen molar-refractivity contribution in [2.75, 3.05) is 13.1 Å². The van der Waals surface area contributed by atoms with E-state index in [0.29, 0.717) is 0 Å². The summed E-state index contributed by atoms with van der Waals surface area (Å²) in [5.41, 5.74) is 3.68. The topological polar surface area (TPSA) is 32.3 Å². The zero-order valence-corrected chi connectivity index (χ0v) is 12.3. The first-order valence-corrected chi connectivity index (χ1v) is 7.64. The van der Waals surface area contributed by atoms with Crippen molar-refractivity contribution in [3.05, 3.63) is 34.9 Å². The highest BCUT2D eigenvalue weighted by molar-refractivity contribution is 5.35. The fraction of sp³-hybridized carbons (Fsp3) is 0.647. The van der Waals surface area contributed by atoms with Crippen molar-refractivity contribution >= 4 is 0 Å². The minimum absolute atomic E-state index is 0.604.